The molecule has 6 heteroatoms. The molecule has 0 amide bonds. The summed E-state index contributed by atoms with van der Waals surface area (Å²) >= 11 is 1.83. The van der Waals surface area contributed by atoms with Gasteiger partial charge in [0.05, 0.1) is 6.42 Å². The van der Waals surface area contributed by atoms with Crippen molar-refractivity contribution < 1.29 is 9.90 Å². The van der Waals surface area contributed by atoms with Gasteiger partial charge in [-0.15, -0.1) is 0 Å². The van der Waals surface area contributed by atoms with Crippen molar-refractivity contribution >= 4 is 17.7 Å². The minimum atomic E-state index is -0.905. The highest BCUT2D eigenvalue weighted by Crippen LogP contribution is 2.18. The number of carboxylic acids is 1. The van der Waals surface area contributed by atoms with E-state index in [0.717, 1.165) is 23.6 Å². The van der Waals surface area contributed by atoms with Crippen molar-refractivity contribution in [3.63, 3.8) is 0 Å². The van der Waals surface area contributed by atoms with Gasteiger partial charge < -0.3 is 5.11 Å². The van der Waals surface area contributed by atoms with Crippen LogP contribution in [0.15, 0.2) is 4.79 Å². The zero-order chi connectivity index (χ0) is 15.3. The third-order valence-corrected chi connectivity index (χ3v) is 4.29. The van der Waals surface area contributed by atoms with E-state index in [4.69, 9.17) is 5.11 Å². The van der Waals surface area contributed by atoms with Crippen molar-refractivity contribution in [2.75, 3.05) is 11.5 Å². The first-order valence-electron chi connectivity index (χ1n) is 6.76. The molecule has 5 nitrogen and oxygen atoms in total. The maximum Gasteiger partial charge on any atom is 0.348 e. The van der Waals surface area contributed by atoms with Crippen LogP contribution in [0.1, 0.15) is 43.3 Å². The summed E-state index contributed by atoms with van der Waals surface area (Å²) in [6, 6.07) is 0.0298. The van der Waals surface area contributed by atoms with Crippen LogP contribution < -0.4 is 5.69 Å². The molecule has 0 saturated heterocycles. The molecule has 0 saturated carbocycles. The third-order valence-electron chi connectivity index (χ3n) is 3.36. The molecule has 1 aromatic heterocycles. The number of carboxylic acid groups (broad SMARTS) is 1. The lowest BCUT2D eigenvalue weighted by Gasteiger charge is -2.20. The highest BCUT2D eigenvalue weighted by atomic mass is 32.2. The molecule has 1 heterocycles. The molecular formula is C14H22N2O3S. The zero-order valence-electron chi connectivity index (χ0n) is 12.5. The molecule has 0 aliphatic rings. The molecule has 0 bridgehead atoms. The molecule has 1 aromatic rings. The number of hydrogen-bond donors (Lipinski definition) is 1. The summed E-state index contributed by atoms with van der Waals surface area (Å²) < 4.78 is 1.63. The van der Waals surface area contributed by atoms with Gasteiger partial charge in [-0.05, 0) is 38.7 Å². The maximum absolute atomic E-state index is 12.1. The third kappa shape index (κ3) is 4.10. The highest BCUT2D eigenvalue weighted by Gasteiger charge is 2.17. The SMILES string of the molecule is CCSCCC(C)n1c(C)c(CC(=O)O)c(C)nc1=O. The molecule has 0 fully saturated rings. The summed E-state index contributed by atoms with van der Waals surface area (Å²) in [4.78, 5) is 27.0. The normalized spacial score (nSPS) is 12.4. The smallest absolute Gasteiger partial charge is 0.348 e. The van der Waals surface area contributed by atoms with Crippen LogP contribution in [0.4, 0.5) is 0 Å². The lowest BCUT2D eigenvalue weighted by Crippen LogP contribution is -2.31. The first-order valence-corrected chi connectivity index (χ1v) is 7.92. The average Bonchev–Trinajstić information content (AvgIpc) is 2.34. The second-order valence-corrected chi connectivity index (χ2v) is 6.21. The Hall–Kier alpha value is -1.30. The fourth-order valence-corrected chi connectivity index (χ4v) is 3.07. The number of carbonyl (C=O) groups is 1. The number of rotatable bonds is 7. The summed E-state index contributed by atoms with van der Waals surface area (Å²) in [5.74, 6) is 1.13. The van der Waals surface area contributed by atoms with E-state index in [-0.39, 0.29) is 18.2 Å². The number of nitrogens with zero attached hydrogens (tertiary/aromatic N) is 2. The molecule has 1 rings (SSSR count). The second kappa shape index (κ2) is 7.47. The van der Waals surface area contributed by atoms with Crippen LogP contribution in [0.3, 0.4) is 0 Å². The monoisotopic (exact) mass is 298 g/mol. The predicted molar refractivity (Wildman–Crippen MR) is 81.6 cm³/mol. The van der Waals surface area contributed by atoms with E-state index >= 15 is 0 Å². The Morgan fingerprint density at radius 1 is 1.45 bits per heavy atom. The Morgan fingerprint density at radius 3 is 2.65 bits per heavy atom. The van der Waals surface area contributed by atoms with E-state index in [1.807, 2.05) is 18.7 Å². The molecule has 112 valence electrons. The number of aromatic nitrogens is 2. The Bertz CT molecular complexity index is 540. The number of thioether (sulfide) groups is 1. The van der Waals surface area contributed by atoms with Crippen molar-refractivity contribution in [2.45, 2.75) is 46.6 Å². The minimum absolute atomic E-state index is 0.0298. The van der Waals surface area contributed by atoms with E-state index in [9.17, 15) is 9.59 Å². The van der Waals surface area contributed by atoms with Gasteiger partial charge in [0.15, 0.2) is 0 Å². The fourth-order valence-electron chi connectivity index (χ4n) is 2.27. The van der Waals surface area contributed by atoms with Gasteiger partial charge >= 0.3 is 11.7 Å². The molecule has 0 aromatic carbocycles. The van der Waals surface area contributed by atoms with Crippen LogP contribution in [-0.2, 0) is 11.2 Å². The number of hydrogen-bond acceptors (Lipinski definition) is 4. The summed E-state index contributed by atoms with van der Waals surface area (Å²) in [6.45, 7) is 7.57. The van der Waals surface area contributed by atoms with Crippen LogP contribution in [0.2, 0.25) is 0 Å². The Morgan fingerprint density at radius 2 is 2.10 bits per heavy atom. The van der Waals surface area contributed by atoms with Gasteiger partial charge in [0, 0.05) is 23.0 Å². The van der Waals surface area contributed by atoms with Crippen molar-refractivity contribution in [1.29, 1.82) is 0 Å². The lowest BCUT2D eigenvalue weighted by atomic mass is 10.1. The summed E-state index contributed by atoms with van der Waals surface area (Å²) in [7, 11) is 0. The summed E-state index contributed by atoms with van der Waals surface area (Å²) in [5.41, 5.74) is 1.59. The largest absolute Gasteiger partial charge is 0.481 e. The van der Waals surface area contributed by atoms with Gasteiger partial charge in [0.2, 0.25) is 0 Å². The van der Waals surface area contributed by atoms with Gasteiger partial charge in [-0.25, -0.2) is 4.79 Å². The van der Waals surface area contributed by atoms with E-state index < -0.39 is 5.97 Å². The molecule has 1 N–H and O–H groups in total. The molecule has 0 radical (unpaired) electrons. The molecule has 0 spiro atoms. The fraction of sp³-hybridized carbons (Fsp3) is 0.643. The van der Waals surface area contributed by atoms with Crippen molar-refractivity contribution in [2.24, 2.45) is 0 Å². The van der Waals surface area contributed by atoms with Crippen LogP contribution >= 0.6 is 11.8 Å². The molecule has 1 unspecified atom stereocenters. The maximum atomic E-state index is 12.1. The van der Waals surface area contributed by atoms with Gasteiger partial charge in [0.1, 0.15) is 0 Å². The van der Waals surface area contributed by atoms with Gasteiger partial charge in [0.25, 0.3) is 0 Å². The van der Waals surface area contributed by atoms with Crippen molar-refractivity contribution in [3.8, 4) is 0 Å². The first kappa shape index (κ1) is 16.8. The van der Waals surface area contributed by atoms with Crippen molar-refractivity contribution in [1.82, 2.24) is 9.55 Å². The first-order chi connectivity index (χ1) is 9.38. The van der Waals surface area contributed by atoms with Gasteiger partial charge in [-0.1, -0.05) is 6.92 Å². The molecule has 20 heavy (non-hydrogen) atoms. The van der Waals surface area contributed by atoms with Crippen LogP contribution in [0.5, 0.6) is 0 Å². The zero-order valence-corrected chi connectivity index (χ0v) is 13.3. The Labute approximate surface area is 123 Å². The van der Waals surface area contributed by atoms with E-state index in [1.165, 1.54) is 0 Å². The minimum Gasteiger partial charge on any atom is -0.481 e. The van der Waals surface area contributed by atoms with E-state index in [0.29, 0.717) is 11.3 Å². The van der Waals surface area contributed by atoms with E-state index in [1.54, 1.807) is 18.4 Å². The molecule has 0 aliphatic carbocycles. The molecular weight excluding hydrogens is 276 g/mol. The quantitative estimate of drug-likeness (QED) is 0.781. The standard InChI is InChI=1S/C14H22N2O3S/c1-5-20-7-6-9(2)16-11(4)12(8-13(17)18)10(3)15-14(16)19/h9H,5-8H2,1-4H3,(H,17,18). The number of aliphatic carboxylic acids is 1. The lowest BCUT2D eigenvalue weighted by molar-refractivity contribution is -0.136. The van der Waals surface area contributed by atoms with Crippen LogP contribution in [-0.4, -0.2) is 32.1 Å². The van der Waals surface area contributed by atoms with Gasteiger partial charge in [-0.2, -0.15) is 16.7 Å². The Balaban J connectivity index is 3.12. The summed E-state index contributed by atoms with van der Waals surface area (Å²) in [5, 5.41) is 8.97. The number of aryl methyl sites for hydroxylation is 1. The van der Waals surface area contributed by atoms with Crippen LogP contribution in [0, 0.1) is 13.8 Å². The molecule has 1 atom stereocenters. The van der Waals surface area contributed by atoms with Crippen molar-refractivity contribution in [3.05, 3.63) is 27.4 Å². The second-order valence-electron chi connectivity index (χ2n) is 4.82. The average molecular weight is 298 g/mol. The molecule has 0 aliphatic heterocycles. The Kier molecular flexibility index (Phi) is 6.26. The topological polar surface area (TPSA) is 72.2 Å². The summed E-state index contributed by atoms with van der Waals surface area (Å²) in [6.07, 6.45) is 0.776. The van der Waals surface area contributed by atoms with Gasteiger partial charge in [-0.3, -0.25) is 9.36 Å². The predicted octanol–water partition coefficient (Wildman–Crippen LogP) is 2.19. The highest BCUT2D eigenvalue weighted by molar-refractivity contribution is 7.99. The van der Waals surface area contributed by atoms with Crippen LogP contribution in [0.25, 0.3) is 0 Å². The van der Waals surface area contributed by atoms with E-state index in [2.05, 4.69) is 11.9 Å².